The molecule has 10 heteroatoms. The largest absolute Gasteiger partial charge is 0.508 e. The number of esters is 2. The van der Waals surface area contributed by atoms with Gasteiger partial charge < -0.3 is 24.6 Å². The maximum absolute atomic E-state index is 14.7. The van der Waals surface area contributed by atoms with Crippen LogP contribution in [-0.4, -0.2) is 78.1 Å². The highest BCUT2D eigenvalue weighted by Gasteiger charge is 2.74. The Labute approximate surface area is 222 Å². The number of carbonyl (C=O) groups is 3. The van der Waals surface area contributed by atoms with Gasteiger partial charge in [-0.15, -0.1) is 12.4 Å². The number of ether oxygens (including phenoxy) is 2. The summed E-state index contributed by atoms with van der Waals surface area (Å²) in [6.07, 6.45) is 0. The topological polar surface area (TPSA) is 117 Å². The molecule has 0 amide bonds. The number of carbonyl (C=O) groups excluding carboxylic acids is 3. The van der Waals surface area contributed by atoms with Crippen molar-refractivity contribution in [2.75, 3.05) is 40.4 Å². The van der Waals surface area contributed by atoms with Crippen LogP contribution in [0, 0.1) is 10.8 Å². The molecule has 37 heavy (non-hydrogen) atoms. The number of phenolic OH excluding ortho intramolecular Hbond substituents is 2. The van der Waals surface area contributed by atoms with Gasteiger partial charge in [-0.1, -0.05) is 24.3 Å². The van der Waals surface area contributed by atoms with Gasteiger partial charge in [0.2, 0.25) is 0 Å². The number of hydrogen-bond donors (Lipinski definition) is 2. The first-order valence-electron chi connectivity index (χ1n) is 12.0. The van der Waals surface area contributed by atoms with Crippen LogP contribution < -0.4 is 0 Å². The van der Waals surface area contributed by atoms with Crippen LogP contribution in [-0.2, 0) is 23.9 Å². The number of hydrogen-bond acceptors (Lipinski definition) is 9. The second-order valence-electron chi connectivity index (χ2n) is 9.55. The molecule has 2 aliphatic heterocycles. The van der Waals surface area contributed by atoms with Crippen molar-refractivity contribution in [3.05, 3.63) is 59.7 Å². The number of ketones is 1. The van der Waals surface area contributed by atoms with Gasteiger partial charge >= 0.3 is 11.9 Å². The first kappa shape index (κ1) is 28.4. The molecule has 2 saturated heterocycles. The molecule has 2 aromatic rings. The molecule has 2 N–H and O–H groups in total. The summed E-state index contributed by atoms with van der Waals surface area (Å²) >= 11 is 0. The van der Waals surface area contributed by atoms with Crippen molar-refractivity contribution in [1.82, 2.24) is 9.80 Å². The number of aromatic hydroxyl groups is 2. The van der Waals surface area contributed by atoms with Gasteiger partial charge in [0.25, 0.3) is 0 Å². The Kier molecular flexibility index (Phi) is 8.21. The summed E-state index contributed by atoms with van der Waals surface area (Å²) in [4.78, 5) is 45.9. The van der Waals surface area contributed by atoms with Gasteiger partial charge in [-0.05, 0) is 63.3 Å². The zero-order valence-electron chi connectivity index (χ0n) is 21.3. The third kappa shape index (κ3) is 4.35. The standard InChI is InChI=1S/C27H32N2O7.ClH/c1-5-35-24(33)26-15-28(3)16-27(23(26)32,25(34)36-6-2)22(18-10-8-12-20(31)14-18)29(4)21(26)17-9-7-11-19(30)13-17;/h7-14,21-22,30-31H,5-6,15-16H2,1-4H3;1H. The van der Waals surface area contributed by atoms with Gasteiger partial charge in [0, 0.05) is 13.1 Å². The third-order valence-corrected chi connectivity index (χ3v) is 7.25. The molecule has 0 aromatic heterocycles. The summed E-state index contributed by atoms with van der Waals surface area (Å²) in [6, 6.07) is 11.0. The van der Waals surface area contributed by atoms with Crippen molar-refractivity contribution >= 4 is 30.1 Å². The smallest absolute Gasteiger partial charge is 0.322 e. The molecule has 2 heterocycles. The quantitative estimate of drug-likeness (QED) is 0.428. The van der Waals surface area contributed by atoms with E-state index in [4.69, 9.17) is 9.47 Å². The van der Waals surface area contributed by atoms with E-state index in [2.05, 4.69) is 0 Å². The highest BCUT2D eigenvalue weighted by Crippen LogP contribution is 2.60. The van der Waals surface area contributed by atoms with Crippen LogP contribution in [0.1, 0.15) is 37.1 Å². The maximum Gasteiger partial charge on any atom is 0.322 e. The number of Topliss-reactive ketones (excluding diaryl/α,β-unsaturated/α-hetero) is 1. The van der Waals surface area contributed by atoms with E-state index >= 15 is 0 Å². The Hall–Kier alpha value is -3.14. The van der Waals surface area contributed by atoms with E-state index in [0.717, 1.165) is 0 Å². The molecular formula is C27H33ClN2O7. The molecule has 4 unspecified atom stereocenters. The molecule has 0 saturated carbocycles. The van der Waals surface area contributed by atoms with Crippen LogP contribution in [0.15, 0.2) is 48.5 Å². The molecular weight excluding hydrogens is 500 g/mol. The van der Waals surface area contributed by atoms with E-state index < -0.39 is 40.6 Å². The minimum absolute atomic E-state index is 0. The molecule has 4 rings (SSSR count). The zero-order chi connectivity index (χ0) is 26.3. The van der Waals surface area contributed by atoms with Crippen LogP contribution in [0.4, 0.5) is 0 Å². The first-order chi connectivity index (χ1) is 17.1. The second kappa shape index (κ2) is 10.7. The van der Waals surface area contributed by atoms with E-state index in [-0.39, 0.29) is 50.2 Å². The molecule has 0 spiro atoms. The lowest BCUT2D eigenvalue weighted by Gasteiger charge is -2.61. The summed E-state index contributed by atoms with van der Waals surface area (Å²) in [5, 5.41) is 20.6. The molecule has 0 aliphatic carbocycles. The summed E-state index contributed by atoms with van der Waals surface area (Å²) in [7, 11) is 3.49. The van der Waals surface area contributed by atoms with Gasteiger partial charge in [-0.2, -0.15) is 0 Å². The molecule has 4 atom stereocenters. The van der Waals surface area contributed by atoms with Crippen molar-refractivity contribution in [1.29, 1.82) is 0 Å². The third-order valence-electron chi connectivity index (χ3n) is 7.25. The van der Waals surface area contributed by atoms with Crippen molar-refractivity contribution < 1.29 is 34.1 Å². The summed E-state index contributed by atoms with van der Waals surface area (Å²) in [5.41, 5.74) is -2.49. The highest BCUT2D eigenvalue weighted by molar-refractivity contribution is 6.17. The van der Waals surface area contributed by atoms with E-state index in [9.17, 15) is 24.6 Å². The van der Waals surface area contributed by atoms with Crippen LogP contribution in [0.2, 0.25) is 0 Å². The van der Waals surface area contributed by atoms with Crippen molar-refractivity contribution in [3.8, 4) is 11.5 Å². The predicted octanol–water partition coefficient (Wildman–Crippen LogP) is 2.86. The number of rotatable bonds is 6. The number of nitrogens with zero attached hydrogens (tertiary/aromatic N) is 2. The number of likely N-dealkylation sites (tertiary alicyclic amines) is 2. The fourth-order valence-electron chi connectivity index (χ4n) is 6.20. The zero-order valence-corrected chi connectivity index (χ0v) is 22.2. The van der Waals surface area contributed by atoms with Crippen molar-refractivity contribution in [2.24, 2.45) is 10.8 Å². The Morgan fingerprint density at radius 1 is 0.865 bits per heavy atom. The fourth-order valence-corrected chi connectivity index (χ4v) is 6.20. The molecule has 9 nitrogen and oxygen atoms in total. The second-order valence-corrected chi connectivity index (χ2v) is 9.55. The lowest BCUT2D eigenvalue weighted by molar-refractivity contribution is -0.203. The Bertz CT molecular complexity index is 1100. The molecule has 2 fully saturated rings. The Morgan fingerprint density at radius 3 is 1.62 bits per heavy atom. The number of halogens is 1. The fraction of sp³-hybridized carbons (Fsp3) is 0.444. The van der Waals surface area contributed by atoms with E-state index in [1.54, 1.807) is 57.1 Å². The van der Waals surface area contributed by atoms with Gasteiger partial charge in [-0.25, -0.2) is 0 Å². The van der Waals surface area contributed by atoms with Crippen LogP contribution in [0.25, 0.3) is 0 Å². The normalized spacial score (nSPS) is 27.7. The first-order valence-corrected chi connectivity index (χ1v) is 12.0. The molecule has 200 valence electrons. The Balaban J connectivity index is 0.00000380. The van der Waals surface area contributed by atoms with Crippen molar-refractivity contribution in [3.63, 3.8) is 0 Å². The maximum atomic E-state index is 14.7. The summed E-state index contributed by atoms with van der Waals surface area (Å²) in [5.74, 6) is -2.08. The molecule has 2 aliphatic rings. The number of fused-ring (bicyclic) bond motifs is 2. The van der Waals surface area contributed by atoms with Crippen molar-refractivity contribution in [2.45, 2.75) is 25.9 Å². The van der Waals surface area contributed by atoms with Crippen LogP contribution in [0.5, 0.6) is 11.5 Å². The van der Waals surface area contributed by atoms with E-state index in [0.29, 0.717) is 11.1 Å². The average Bonchev–Trinajstić information content (AvgIpc) is 2.81. The minimum Gasteiger partial charge on any atom is -0.508 e. The monoisotopic (exact) mass is 532 g/mol. The highest BCUT2D eigenvalue weighted by atomic mass is 35.5. The number of piperidine rings is 2. The molecule has 2 bridgehead atoms. The number of benzene rings is 2. The van der Waals surface area contributed by atoms with E-state index in [1.807, 2.05) is 4.90 Å². The van der Waals surface area contributed by atoms with Crippen LogP contribution in [0.3, 0.4) is 0 Å². The summed E-state index contributed by atoms with van der Waals surface area (Å²) < 4.78 is 11.0. The van der Waals surface area contributed by atoms with Crippen LogP contribution >= 0.6 is 12.4 Å². The van der Waals surface area contributed by atoms with Gasteiger partial charge in [-0.3, -0.25) is 19.3 Å². The average molecular weight is 533 g/mol. The molecule has 2 aromatic carbocycles. The number of phenols is 2. The van der Waals surface area contributed by atoms with Gasteiger partial charge in [0.05, 0.1) is 25.3 Å². The molecule has 0 radical (unpaired) electrons. The van der Waals surface area contributed by atoms with E-state index in [1.165, 1.54) is 24.3 Å². The summed E-state index contributed by atoms with van der Waals surface area (Å²) in [6.45, 7) is 3.46. The Morgan fingerprint density at radius 2 is 1.27 bits per heavy atom. The van der Waals surface area contributed by atoms with Gasteiger partial charge in [0.15, 0.2) is 16.6 Å². The SMILES string of the molecule is CCOC(=O)C12CN(C)CC(C(=O)OCC)(C1=O)C(c1cccc(O)c1)N(C)C2c1cccc(O)c1.Cl. The lowest BCUT2D eigenvalue weighted by Crippen LogP contribution is -2.75. The predicted molar refractivity (Wildman–Crippen MR) is 137 cm³/mol. The minimum atomic E-state index is -1.77. The lowest BCUT2D eigenvalue weighted by atomic mass is 9.54. The van der Waals surface area contributed by atoms with Gasteiger partial charge in [0.1, 0.15) is 11.5 Å².